The third-order valence-corrected chi connectivity index (χ3v) is 4.78. The van der Waals surface area contributed by atoms with E-state index in [4.69, 9.17) is 0 Å². The van der Waals surface area contributed by atoms with Crippen LogP contribution in [0.2, 0.25) is 0 Å². The molecule has 2 atom stereocenters. The van der Waals surface area contributed by atoms with E-state index >= 15 is 0 Å². The number of benzene rings is 2. The zero-order chi connectivity index (χ0) is 17.6. The number of rotatable bonds is 4. The maximum Gasteiger partial charge on any atom is 0.259 e. The molecule has 2 aromatic rings. The van der Waals surface area contributed by atoms with Crippen molar-refractivity contribution in [2.24, 2.45) is 0 Å². The molecular weight excluding hydrogens is 319 g/mol. The number of hydrogen-bond acceptors (Lipinski definition) is 2. The van der Waals surface area contributed by atoms with Crippen LogP contribution in [0.25, 0.3) is 5.70 Å². The van der Waals surface area contributed by atoms with E-state index in [0.717, 1.165) is 17.5 Å². The molecule has 0 spiro atoms. The van der Waals surface area contributed by atoms with Gasteiger partial charge in [-0.05, 0) is 30.2 Å². The number of carbonyl (C=O) groups is 2. The van der Waals surface area contributed by atoms with Gasteiger partial charge in [-0.2, -0.15) is 0 Å². The molecule has 4 nitrogen and oxygen atoms in total. The average molecular weight is 336 g/mol. The molecule has 1 fully saturated rings. The quantitative estimate of drug-likeness (QED) is 0.933. The average Bonchev–Trinajstić information content (AvgIpc) is 3.33. The van der Waals surface area contributed by atoms with Crippen molar-refractivity contribution in [2.75, 3.05) is 6.54 Å². The molecule has 1 aliphatic heterocycles. The predicted octanol–water partition coefficient (Wildman–Crippen LogP) is 2.92. The van der Waals surface area contributed by atoms with Gasteiger partial charge in [-0.15, -0.1) is 0 Å². The van der Waals surface area contributed by atoms with Crippen LogP contribution in [0.4, 0.5) is 4.39 Å². The van der Waals surface area contributed by atoms with E-state index in [-0.39, 0.29) is 36.1 Å². The minimum Gasteiger partial charge on any atom is -0.351 e. The summed E-state index contributed by atoms with van der Waals surface area (Å²) in [5.74, 6) is -0.464. The van der Waals surface area contributed by atoms with Crippen LogP contribution in [0.5, 0.6) is 0 Å². The maximum absolute atomic E-state index is 13.0. The van der Waals surface area contributed by atoms with Crippen LogP contribution in [-0.2, 0) is 4.79 Å². The molecule has 0 bridgehead atoms. The van der Waals surface area contributed by atoms with Gasteiger partial charge in [0.2, 0.25) is 5.91 Å². The van der Waals surface area contributed by atoms with E-state index in [2.05, 4.69) is 11.9 Å². The molecular formula is C20H17FN2O2. The predicted molar refractivity (Wildman–Crippen MR) is 92.2 cm³/mol. The number of carbonyl (C=O) groups excluding carboxylic acids is 2. The Morgan fingerprint density at radius 3 is 2.52 bits per heavy atom. The molecule has 126 valence electrons. The van der Waals surface area contributed by atoms with Gasteiger partial charge in [0.15, 0.2) is 0 Å². The van der Waals surface area contributed by atoms with Crippen LogP contribution in [0.3, 0.4) is 0 Å². The topological polar surface area (TPSA) is 49.4 Å². The standard InChI is InChI=1S/C20H17FN2O2/c1-12-15-4-2-3-5-16(15)20(25)23(12)11-19(24)22-18-10-17(18)13-6-8-14(21)9-7-13/h2-9,17-18H,1,10-11H2,(H,22,24). The second-order valence-electron chi connectivity index (χ2n) is 6.45. The third-order valence-electron chi connectivity index (χ3n) is 4.78. The lowest BCUT2D eigenvalue weighted by molar-refractivity contribution is -0.121. The number of halogens is 1. The van der Waals surface area contributed by atoms with Crippen LogP contribution in [-0.4, -0.2) is 29.3 Å². The molecule has 5 heteroatoms. The molecule has 2 amide bonds. The van der Waals surface area contributed by atoms with Crippen LogP contribution < -0.4 is 5.32 Å². The SMILES string of the molecule is C=C1c2ccccc2C(=O)N1CC(=O)NC1CC1c1ccc(F)cc1. The maximum atomic E-state index is 13.0. The molecule has 1 heterocycles. The van der Waals surface area contributed by atoms with E-state index in [0.29, 0.717) is 11.3 Å². The number of nitrogens with one attached hydrogen (secondary N) is 1. The lowest BCUT2D eigenvalue weighted by Crippen LogP contribution is -2.38. The fourth-order valence-corrected chi connectivity index (χ4v) is 3.33. The highest BCUT2D eigenvalue weighted by molar-refractivity contribution is 6.10. The van der Waals surface area contributed by atoms with Crippen LogP contribution in [0, 0.1) is 5.82 Å². The summed E-state index contributed by atoms with van der Waals surface area (Å²) in [7, 11) is 0. The Bertz CT molecular complexity index is 841. The Balaban J connectivity index is 1.37. The molecule has 0 radical (unpaired) electrons. The Morgan fingerprint density at radius 1 is 1.16 bits per heavy atom. The van der Waals surface area contributed by atoms with Crippen LogP contribution in [0.1, 0.15) is 33.8 Å². The second kappa shape index (κ2) is 5.84. The molecule has 2 aromatic carbocycles. The van der Waals surface area contributed by atoms with E-state index in [1.54, 1.807) is 24.3 Å². The van der Waals surface area contributed by atoms with Crippen molar-refractivity contribution in [3.05, 3.63) is 77.6 Å². The first-order valence-corrected chi connectivity index (χ1v) is 8.19. The van der Waals surface area contributed by atoms with Gasteiger partial charge in [0.25, 0.3) is 5.91 Å². The smallest absolute Gasteiger partial charge is 0.259 e. The van der Waals surface area contributed by atoms with Crippen molar-refractivity contribution in [1.82, 2.24) is 10.2 Å². The zero-order valence-corrected chi connectivity index (χ0v) is 13.5. The van der Waals surface area contributed by atoms with Gasteiger partial charge in [-0.25, -0.2) is 4.39 Å². The van der Waals surface area contributed by atoms with Crippen molar-refractivity contribution >= 4 is 17.5 Å². The summed E-state index contributed by atoms with van der Waals surface area (Å²) >= 11 is 0. The summed E-state index contributed by atoms with van der Waals surface area (Å²) in [5.41, 5.74) is 2.93. The van der Waals surface area contributed by atoms with Gasteiger partial charge < -0.3 is 5.32 Å². The Hall–Kier alpha value is -2.95. The lowest BCUT2D eigenvalue weighted by Gasteiger charge is -2.17. The van der Waals surface area contributed by atoms with Crippen molar-refractivity contribution in [2.45, 2.75) is 18.4 Å². The molecule has 2 aliphatic rings. The van der Waals surface area contributed by atoms with Crippen molar-refractivity contribution in [3.8, 4) is 0 Å². The molecule has 0 aromatic heterocycles. The van der Waals surface area contributed by atoms with E-state index in [1.165, 1.54) is 17.0 Å². The summed E-state index contributed by atoms with van der Waals surface area (Å²) in [6, 6.07) is 13.6. The molecule has 4 rings (SSSR count). The fraction of sp³-hybridized carbons (Fsp3) is 0.200. The summed E-state index contributed by atoms with van der Waals surface area (Å²) in [6.07, 6.45) is 0.826. The molecule has 25 heavy (non-hydrogen) atoms. The van der Waals surface area contributed by atoms with Gasteiger partial charge in [0.05, 0.1) is 0 Å². The van der Waals surface area contributed by atoms with Crippen molar-refractivity contribution in [3.63, 3.8) is 0 Å². The minimum atomic E-state index is -0.268. The lowest BCUT2D eigenvalue weighted by atomic mass is 10.1. The molecule has 1 aliphatic carbocycles. The number of nitrogens with zero attached hydrogens (tertiary/aromatic N) is 1. The number of hydrogen-bond donors (Lipinski definition) is 1. The van der Waals surface area contributed by atoms with Crippen molar-refractivity contribution in [1.29, 1.82) is 0 Å². The summed E-state index contributed by atoms with van der Waals surface area (Å²) in [4.78, 5) is 26.1. The van der Waals surface area contributed by atoms with Gasteiger partial charge in [-0.1, -0.05) is 36.9 Å². The van der Waals surface area contributed by atoms with Gasteiger partial charge >= 0.3 is 0 Å². The first-order chi connectivity index (χ1) is 12.0. The highest BCUT2D eigenvalue weighted by Gasteiger charge is 2.40. The van der Waals surface area contributed by atoms with E-state index in [9.17, 15) is 14.0 Å². The van der Waals surface area contributed by atoms with Gasteiger partial charge in [0, 0.05) is 28.8 Å². The normalized spacial score (nSPS) is 21.2. The fourth-order valence-electron chi connectivity index (χ4n) is 3.33. The second-order valence-corrected chi connectivity index (χ2v) is 6.45. The Kier molecular flexibility index (Phi) is 3.64. The minimum absolute atomic E-state index is 0.0336. The first kappa shape index (κ1) is 15.6. The van der Waals surface area contributed by atoms with Gasteiger partial charge in [-0.3, -0.25) is 14.5 Å². The molecule has 0 saturated heterocycles. The summed E-state index contributed by atoms with van der Waals surface area (Å²) < 4.78 is 13.0. The summed E-state index contributed by atoms with van der Waals surface area (Å²) in [6.45, 7) is 3.89. The molecule has 2 unspecified atom stereocenters. The van der Waals surface area contributed by atoms with Crippen molar-refractivity contribution < 1.29 is 14.0 Å². The Morgan fingerprint density at radius 2 is 1.84 bits per heavy atom. The van der Waals surface area contributed by atoms with E-state index in [1.807, 2.05) is 12.1 Å². The third kappa shape index (κ3) is 2.82. The van der Waals surface area contributed by atoms with E-state index < -0.39 is 0 Å². The Labute approximate surface area is 145 Å². The zero-order valence-electron chi connectivity index (χ0n) is 13.5. The highest BCUT2D eigenvalue weighted by atomic mass is 19.1. The highest BCUT2D eigenvalue weighted by Crippen LogP contribution is 2.40. The first-order valence-electron chi connectivity index (χ1n) is 8.19. The number of fused-ring (bicyclic) bond motifs is 1. The number of amides is 2. The van der Waals surface area contributed by atoms with Crippen LogP contribution in [0.15, 0.2) is 55.1 Å². The van der Waals surface area contributed by atoms with Gasteiger partial charge in [0.1, 0.15) is 12.4 Å². The van der Waals surface area contributed by atoms with Crippen LogP contribution >= 0.6 is 0 Å². The monoisotopic (exact) mass is 336 g/mol. The molecule has 1 saturated carbocycles. The summed E-state index contributed by atoms with van der Waals surface area (Å²) in [5, 5.41) is 2.94. The molecule has 1 N–H and O–H groups in total. The largest absolute Gasteiger partial charge is 0.351 e.